The van der Waals surface area contributed by atoms with Crippen molar-refractivity contribution in [3.05, 3.63) is 83.4 Å². The van der Waals surface area contributed by atoms with Crippen LogP contribution in [-0.4, -0.2) is 33.3 Å². The van der Waals surface area contributed by atoms with E-state index in [1.807, 2.05) is 12.1 Å². The molecule has 0 saturated carbocycles. The molecule has 0 spiro atoms. The Kier molecular flexibility index (Phi) is 5.67. The Bertz CT molecular complexity index is 1000. The molecule has 5 heteroatoms. The maximum atomic E-state index is 10.0. The second-order valence-electron chi connectivity index (χ2n) is 7.29. The summed E-state index contributed by atoms with van der Waals surface area (Å²) in [6, 6.07) is 22.4. The minimum atomic E-state index is -0.0591. The van der Waals surface area contributed by atoms with Gasteiger partial charge in [0.25, 0.3) is 0 Å². The fourth-order valence-corrected chi connectivity index (χ4v) is 3.98. The van der Waals surface area contributed by atoms with Gasteiger partial charge in [-0.05, 0) is 53.4 Å². The van der Waals surface area contributed by atoms with E-state index < -0.39 is 0 Å². The van der Waals surface area contributed by atoms with Crippen molar-refractivity contribution in [3.8, 4) is 22.6 Å². The molecule has 1 heterocycles. The zero-order chi connectivity index (χ0) is 20.2. The molecule has 1 aliphatic heterocycles. The molecule has 3 N–H and O–H groups in total. The number of aromatic hydroxyl groups is 2. The first kappa shape index (κ1) is 19.3. The molecule has 4 rings (SSSR count). The molecule has 3 aromatic carbocycles. The number of nitrogens with one attached hydrogen (secondary N) is 1. The van der Waals surface area contributed by atoms with E-state index in [0.29, 0.717) is 13.0 Å². The number of phenols is 2. The molecule has 0 saturated heterocycles. The van der Waals surface area contributed by atoms with E-state index in [2.05, 4.69) is 58.7 Å². The number of benzene rings is 3. The first-order valence-electron chi connectivity index (χ1n) is 9.81. The van der Waals surface area contributed by atoms with Crippen LogP contribution >= 0.6 is 12.2 Å². The summed E-state index contributed by atoms with van der Waals surface area (Å²) in [5.41, 5.74) is 5.54. The van der Waals surface area contributed by atoms with Gasteiger partial charge in [0.2, 0.25) is 0 Å². The minimum Gasteiger partial charge on any atom is -0.504 e. The molecule has 3 aromatic rings. The largest absolute Gasteiger partial charge is 0.504 e. The SMILES string of the molecule is Oc1ccc2c(c1O)CCN(C(=S)NCCc1ccc(-c3ccccc3)cc1)C2. The number of phenolic OH excluding ortho intramolecular Hbond substituents is 2. The summed E-state index contributed by atoms with van der Waals surface area (Å²) in [5.74, 6) is -0.0591. The lowest BCUT2D eigenvalue weighted by molar-refractivity contribution is 0.363. The Balaban J connectivity index is 1.30. The van der Waals surface area contributed by atoms with Gasteiger partial charge in [-0.2, -0.15) is 0 Å². The highest BCUT2D eigenvalue weighted by Crippen LogP contribution is 2.34. The molecule has 0 fully saturated rings. The van der Waals surface area contributed by atoms with Crippen LogP contribution in [0.1, 0.15) is 16.7 Å². The van der Waals surface area contributed by atoms with Crippen LogP contribution in [0.3, 0.4) is 0 Å². The highest BCUT2D eigenvalue weighted by atomic mass is 32.1. The average molecular weight is 405 g/mol. The summed E-state index contributed by atoms with van der Waals surface area (Å²) in [4.78, 5) is 2.10. The lowest BCUT2D eigenvalue weighted by atomic mass is 9.98. The maximum absolute atomic E-state index is 10.0. The van der Waals surface area contributed by atoms with Crippen molar-refractivity contribution in [1.82, 2.24) is 10.2 Å². The van der Waals surface area contributed by atoms with Crippen molar-refractivity contribution in [2.45, 2.75) is 19.4 Å². The number of nitrogens with zero attached hydrogens (tertiary/aromatic N) is 1. The number of thiocarbonyl (C=S) groups is 1. The van der Waals surface area contributed by atoms with Crippen molar-refractivity contribution in [2.24, 2.45) is 0 Å². The summed E-state index contributed by atoms with van der Waals surface area (Å²) in [5, 5.41) is 23.7. The summed E-state index contributed by atoms with van der Waals surface area (Å²) in [6.07, 6.45) is 1.56. The minimum absolute atomic E-state index is 0.0000212. The first-order chi connectivity index (χ1) is 14.1. The van der Waals surface area contributed by atoms with Crippen LogP contribution in [0, 0.1) is 0 Å². The number of hydrogen-bond donors (Lipinski definition) is 3. The van der Waals surface area contributed by atoms with E-state index in [1.54, 1.807) is 0 Å². The van der Waals surface area contributed by atoms with E-state index in [1.165, 1.54) is 22.8 Å². The third-order valence-electron chi connectivity index (χ3n) is 5.39. The van der Waals surface area contributed by atoms with Crippen LogP contribution in [0.5, 0.6) is 11.5 Å². The van der Waals surface area contributed by atoms with E-state index in [-0.39, 0.29) is 11.5 Å². The molecule has 1 aliphatic rings. The predicted molar refractivity (Wildman–Crippen MR) is 120 cm³/mol. The average Bonchev–Trinajstić information content (AvgIpc) is 2.77. The Labute approximate surface area is 176 Å². The van der Waals surface area contributed by atoms with Crippen molar-refractivity contribution in [2.75, 3.05) is 13.1 Å². The van der Waals surface area contributed by atoms with Gasteiger partial charge < -0.3 is 20.4 Å². The highest BCUT2D eigenvalue weighted by molar-refractivity contribution is 7.80. The van der Waals surface area contributed by atoms with Gasteiger partial charge in [0.15, 0.2) is 16.6 Å². The van der Waals surface area contributed by atoms with Crippen LogP contribution in [0.15, 0.2) is 66.7 Å². The fraction of sp³-hybridized carbons (Fsp3) is 0.208. The van der Waals surface area contributed by atoms with Crippen LogP contribution in [0.25, 0.3) is 11.1 Å². The Morgan fingerprint density at radius 3 is 2.41 bits per heavy atom. The van der Waals surface area contributed by atoms with Gasteiger partial charge in [0.1, 0.15) is 0 Å². The molecule has 148 valence electrons. The topological polar surface area (TPSA) is 55.7 Å². The van der Waals surface area contributed by atoms with E-state index in [4.69, 9.17) is 12.2 Å². The normalized spacial score (nSPS) is 13.0. The van der Waals surface area contributed by atoms with Gasteiger partial charge in [0, 0.05) is 25.2 Å². The summed E-state index contributed by atoms with van der Waals surface area (Å²) >= 11 is 5.56. The molecular formula is C24H24N2O2S. The summed E-state index contributed by atoms with van der Waals surface area (Å²) < 4.78 is 0. The van der Waals surface area contributed by atoms with Gasteiger partial charge >= 0.3 is 0 Å². The van der Waals surface area contributed by atoms with Crippen molar-refractivity contribution in [3.63, 3.8) is 0 Å². The third-order valence-corrected chi connectivity index (χ3v) is 5.79. The first-order valence-corrected chi connectivity index (χ1v) is 10.2. The van der Waals surface area contributed by atoms with Gasteiger partial charge in [-0.15, -0.1) is 0 Å². The Morgan fingerprint density at radius 1 is 0.931 bits per heavy atom. The molecule has 0 aromatic heterocycles. The predicted octanol–water partition coefficient (Wildman–Crippen LogP) is 4.24. The number of hydrogen-bond acceptors (Lipinski definition) is 3. The van der Waals surface area contributed by atoms with Crippen LogP contribution in [-0.2, 0) is 19.4 Å². The standard InChI is InChI=1S/C24H24N2O2S/c27-22-11-10-20-16-26(15-13-21(20)23(22)28)24(29)25-14-12-17-6-8-19(9-7-17)18-4-2-1-3-5-18/h1-11,27-28H,12-16H2,(H,25,29). The molecule has 4 nitrogen and oxygen atoms in total. The van der Waals surface area contributed by atoms with Crippen LogP contribution in [0.4, 0.5) is 0 Å². The van der Waals surface area contributed by atoms with Gasteiger partial charge in [-0.3, -0.25) is 0 Å². The molecule has 0 radical (unpaired) electrons. The molecule has 0 unspecified atom stereocenters. The summed E-state index contributed by atoms with van der Waals surface area (Å²) in [7, 11) is 0. The van der Waals surface area contributed by atoms with Crippen molar-refractivity contribution < 1.29 is 10.2 Å². The maximum Gasteiger partial charge on any atom is 0.169 e. The van der Waals surface area contributed by atoms with Crippen molar-refractivity contribution >= 4 is 17.3 Å². The van der Waals surface area contributed by atoms with E-state index in [9.17, 15) is 10.2 Å². The Hall–Kier alpha value is -3.05. The smallest absolute Gasteiger partial charge is 0.169 e. The fourth-order valence-electron chi connectivity index (χ4n) is 3.72. The third kappa shape index (κ3) is 4.35. The van der Waals surface area contributed by atoms with Crippen LogP contribution < -0.4 is 5.32 Å². The van der Waals surface area contributed by atoms with Gasteiger partial charge in [0.05, 0.1) is 0 Å². The quantitative estimate of drug-likeness (QED) is 0.449. The molecule has 0 amide bonds. The lowest BCUT2D eigenvalue weighted by Crippen LogP contribution is -2.43. The zero-order valence-electron chi connectivity index (χ0n) is 16.1. The second kappa shape index (κ2) is 8.53. The van der Waals surface area contributed by atoms with E-state index in [0.717, 1.165) is 35.7 Å². The van der Waals surface area contributed by atoms with Crippen LogP contribution in [0.2, 0.25) is 0 Å². The molecule has 0 aliphatic carbocycles. The van der Waals surface area contributed by atoms with Crippen molar-refractivity contribution in [1.29, 1.82) is 0 Å². The van der Waals surface area contributed by atoms with Gasteiger partial charge in [-0.25, -0.2) is 0 Å². The molecule has 0 bridgehead atoms. The van der Waals surface area contributed by atoms with Gasteiger partial charge in [-0.1, -0.05) is 60.7 Å². The Morgan fingerprint density at radius 2 is 1.66 bits per heavy atom. The van der Waals surface area contributed by atoms with E-state index >= 15 is 0 Å². The number of rotatable bonds is 4. The molecule has 29 heavy (non-hydrogen) atoms. The summed E-state index contributed by atoms with van der Waals surface area (Å²) in [6.45, 7) is 2.14. The lowest BCUT2D eigenvalue weighted by Gasteiger charge is -2.31. The number of fused-ring (bicyclic) bond motifs is 1. The monoisotopic (exact) mass is 404 g/mol. The zero-order valence-corrected chi connectivity index (χ0v) is 17.0. The highest BCUT2D eigenvalue weighted by Gasteiger charge is 2.22. The molecular weight excluding hydrogens is 380 g/mol. The molecule has 0 atom stereocenters. The second-order valence-corrected chi connectivity index (χ2v) is 7.67.